The van der Waals surface area contributed by atoms with Crippen LogP contribution in [0.4, 0.5) is 4.79 Å². The third-order valence-electron chi connectivity index (χ3n) is 5.10. The molecule has 2 amide bonds. The first-order chi connectivity index (χ1) is 14.5. The van der Waals surface area contributed by atoms with Crippen LogP contribution < -0.4 is 9.47 Å². The van der Waals surface area contributed by atoms with Crippen molar-refractivity contribution in [1.29, 1.82) is 0 Å². The minimum atomic E-state index is -0.329. The minimum absolute atomic E-state index is 0.0710. The lowest BCUT2D eigenvalue weighted by molar-refractivity contribution is 0.0570. The Labute approximate surface area is 177 Å². The van der Waals surface area contributed by atoms with E-state index in [4.69, 9.17) is 14.2 Å². The second-order valence-corrected chi connectivity index (χ2v) is 7.06. The Kier molecular flexibility index (Phi) is 7.17. The summed E-state index contributed by atoms with van der Waals surface area (Å²) in [7, 11) is 1.60. The Balaban J connectivity index is 1.67. The number of amides is 2. The van der Waals surface area contributed by atoms with Gasteiger partial charge in [0.1, 0.15) is 18.1 Å². The van der Waals surface area contributed by atoms with Crippen molar-refractivity contribution in [3.63, 3.8) is 0 Å². The molecule has 0 aromatic heterocycles. The monoisotopic (exact) mass is 412 g/mol. The summed E-state index contributed by atoms with van der Waals surface area (Å²) >= 11 is 0. The number of hydrogen-bond donors (Lipinski definition) is 0. The van der Waals surface area contributed by atoms with Crippen LogP contribution in [0.5, 0.6) is 11.5 Å². The highest BCUT2D eigenvalue weighted by atomic mass is 16.6. The standard InChI is InChI=1S/C23H28N2O5/c1-4-29-23(27)25-13-11-24(12-14-25)22(26)18-9-10-21(28-3)19(15-18)16-30-20-8-6-5-7-17(20)2/h5-10,15H,4,11-14,16H2,1-3H3. The van der Waals surface area contributed by atoms with Crippen LogP contribution in [0.1, 0.15) is 28.4 Å². The normalized spacial score (nSPS) is 13.7. The summed E-state index contributed by atoms with van der Waals surface area (Å²) in [5, 5.41) is 0. The highest BCUT2D eigenvalue weighted by Crippen LogP contribution is 2.24. The lowest BCUT2D eigenvalue weighted by Crippen LogP contribution is -2.50. The average molecular weight is 412 g/mol. The van der Waals surface area contributed by atoms with Gasteiger partial charge in [0.05, 0.1) is 13.7 Å². The van der Waals surface area contributed by atoms with Gasteiger partial charge in [0.2, 0.25) is 0 Å². The van der Waals surface area contributed by atoms with Gasteiger partial charge in [-0.15, -0.1) is 0 Å². The molecule has 0 atom stereocenters. The number of rotatable bonds is 6. The topological polar surface area (TPSA) is 68.3 Å². The van der Waals surface area contributed by atoms with Gasteiger partial charge in [-0.05, 0) is 43.7 Å². The van der Waals surface area contributed by atoms with Crippen LogP contribution in [-0.2, 0) is 11.3 Å². The molecule has 0 bridgehead atoms. The van der Waals surface area contributed by atoms with Crippen molar-refractivity contribution in [3.8, 4) is 11.5 Å². The van der Waals surface area contributed by atoms with Crippen molar-refractivity contribution in [1.82, 2.24) is 9.80 Å². The largest absolute Gasteiger partial charge is 0.496 e. The summed E-state index contributed by atoms with van der Waals surface area (Å²) in [6, 6.07) is 13.2. The fourth-order valence-corrected chi connectivity index (χ4v) is 3.39. The highest BCUT2D eigenvalue weighted by molar-refractivity contribution is 5.94. The number of ether oxygens (including phenoxy) is 3. The Hall–Kier alpha value is -3.22. The molecule has 2 aromatic carbocycles. The second kappa shape index (κ2) is 10.0. The van der Waals surface area contributed by atoms with E-state index in [1.54, 1.807) is 36.0 Å². The minimum Gasteiger partial charge on any atom is -0.496 e. The summed E-state index contributed by atoms with van der Waals surface area (Å²) in [6.07, 6.45) is -0.329. The summed E-state index contributed by atoms with van der Waals surface area (Å²) in [6.45, 7) is 6.28. The maximum Gasteiger partial charge on any atom is 0.409 e. The van der Waals surface area contributed by atoms with Crippen molar-refractivity contribution in [2.75, 3.05) is 39.9 Å². The van der Waals surface area contributed by atoms with Gasteiger partial charge in [-0.3, -0.25) is 4.79 Å². The number of para-hydroxylation sites is 1. The van der Waals surface area contributed by atoms with Crippen molar-refractivity contribution >= 4 is 12.0 Å². The van der Waals surface area contributed by atoms with E-state index in [1.807, 2.05) is 37.3 Å². The van der Waals surface area contributed by atoms with Crippen molar-refractivity contribution < 1.29 is 23.8 Å². The predicted molar refractivity (Wildman–Crippen MR) is 113 cm³/mol. The van der Waals surface area contributed by atoms with Gasteiger partial charge in [-0.25, -0.2) is 4.79 Å². The molecular weight excluding hydrogens is 384 g/mol. The molecule has 30 heavy (non-hydrogen) atoms. The van der Waals surface area contributed by atoms with Gasteiger partial charge >= 0.3 is 6.09 Å². The average Bonchev–Trinajstić information content (AvgIpc) is 2.78. The number of hydrogen-bond acceptors (Lipinski definition) is 5. The number of aryl methyl sites for hydroxylation is 1. The Morgan fingerprint density at radius 3 is 2.33 bits per heavy atom. The van der Waals surface area contributed by atoms with Crippen LogP contribution in [-0.4, -0.2) is 61.7 Å². The zero-order valence-electron chi connectivity index (χ0n) is 17.7. The first kappa shape index (κ1) is 21.5. The maximum atomic E-state index is 13.0. The van der Waals surface area contributed by atoms with E-state index >= 15 is 0 Å². The second-order valence-electron chi connectivity index (χ2n) is 7.06. The van der Waals surface area contributed by atoms with E-state index in [0.29, 0.717) is 50.7 Å². The number of nitrogens with zero attached hydrogens (tertiary/aromatic N) is 2. The zero-order valence-corrected chi connectivity index (χ0v) is 17.7. The van der Waals surface area contributed by atoms with Crippen molar-refractivity contribution in [2.24, 2.45) is 0 Å². The predicted octanol–water partition coefficient (Wildman–Crippen LogP) is 3.50. The van der Waals surface area contributed by atoms with Crippen LogP contribution in [0.25, 0.3) is 0 Å². The molecule has 3 rings (SSSR count). The molecule has 0 saturated carbocycles. The van der Waals surface area contributed by atoms with Crippen LogP contribution in [0, 0.1) is 6.92 Å². The first-order valence-electron chi connectivity index (χ1n) is 10.1. The molecule has 1 heterocycles. The van der Waals surface area contributed by atoms with Gasteiger partial charge in [-0.1, -0.05) is 18.2 Å². The number of piperazine rings is 1. The third kappa shape index (κ3) is 5.03. The lowest BCUT2D eigenvalue weighted by Gasteiger charge is -2.34. The highest BCUT2D eigenvalue weighted by Gasteiger charge is 2.26. The summed E-state index contributed by atoms with van der Waals surface area (Å²) in [5.74, 6) is 1.40. The van der Waals surface area contributed by atoms with Crippen LogP contribution in [0.2, 0.25) is 0 Å². The molecule has 1 aliphatic rings. The molecule has 7 nitrogen and oxygen atoms in total. The van der Waals surface area contributed by atoms with Gasteiger partial charge in [0, 0.05) is 37.3 Å². The van der Waals surface area contributed by atoms with Gasteiger partial charge in [0.25, 0.3) is 5.91 Å². The molecule has 0 spiro atoms. The molecule has 160 valence electrons. The Bertz CT molecular complexity index is 891. The van der Waals surface area contributed by atoms with Gasteiger partial charge < -0.3 is 24.0 Å². The molecule has 2 aromatic rings. The van der Waals surface area contributed by atoms with Crippen LogP contribution in [0.15, 0.2) is 42.5 Å². The molecular formula is C23H28N2O5. The molecule has 7 heteroatoms. The third-order valence-corrected chi connectivity index (χ3v) is 5.10. The summed E-state index contributed by atoms with van der Waals surface area (Å²) in [4.78, 5) is 28.2. The summed E-state index contributed by atoms with van der Waals surface area (Å²) < 4.78 is 16.4. The van der Waals surface area contributed by atoms with Crippen LogP contribution in [0.3, 0.4) is 0 Å². The van der Waals surface area contributed by atoms with Gasteiger partial charge in [-0.2, -0.15) is 0 Å². The van der Waals surface area contributed by atoms with Crippen molar-refractivity contribution in [3.05, 3.63) is 59.2 Å². The van der Waals surface area contributed by atoms with Crippen molar-refractivity contribution in [2.45, 2.75) is 20.5 Å². The fraction of sp³-hybridized carbons (Fsp3) is 0.391. The van der Waals surface area contributed by atoms with E-state index < -0.39 is 0 Å². The zero-order chi connectivity index (χ0) is 21.5. The number of carbonyl (C=O) groups is 2. The summed E-state index contributed by atoms with van der Waals surface area (Å²) in [5.41, 5.74) is 2.42. The molecule has 0 unspecified atom stereocenters. The molecule has 0 radical (unpaired) electrons. The number of carbonyl (C=O) groups excluding carboxylic acids is 2. The smallest absolute Gasteiger partial charge is 0.409 e. The Morgan fingerprint density at radius 2 is 1.67 bits per heavy atom. The lowest BCUT2D eigenvalue weighted by atomic mass is 10.1. The van der Waals surface area contributed by atoms with Gasteiger partial charge in [0.15, 0.2) is 0 Å². The fourth-order valence-electron chi connectivity index (χ4n) is 3.39. The molecule has 1 fully saturated rings. The molecule has 1 saturated heterocycles. The maximum absolute atomic E-state index is 13.0. The van der Waals surface area contributed by atoms with Crippen LogP contribution >= 0.6 is 0 Å². The van der Waals surface area contributed by atoms with E-state index in [-0.39, 0.29) is 12.0 Å². The number of benzene rings is 2. The van der Waals surface area contributed by atoms with E-state index in [0.717, 1.165) is 16.9 Å². The molecule has 1 aliphatic heterocycles. The van der Waals surface area contributed by atoms with E-state index in [9.17, 15) is 9.59 Å². The Morgan fingerprint density at radius 1 is 0.967 bits per heavy atom. The SMILES string of the molecule is CCOC(=O)N1CCN(C(=O)c2ccc(OC)c(COc3ccccc3C)c2)CC1. The quantitative estimate of drug-likeness (QED) is 0.726. The first-order valence-corrected chi connectivity index (χ1v) is 10.1. The number of methoxy groups -OCH3 is 1. The molecule has 0 aliphatic carbocycles. The van der Waals surface area contributed by atoms with E-state index in [2.05, 4.69) is 0 Å². The molecule has 0 N–H and O–H groups in total. The van der Waals surface area contributed by atoms with E-state index in [1.165, 1.54) is 0 Å².